The molecule has 0 bridgehead atoms. The summed E-state index contributed by atoms with van der Waals surface area (Å²) in [7, 11) is -2.13. The lowest BCUT2D eigenvalue weighted by Crippen LogP contribution is -2.18. The summed E-state index contributed by atoms with van der Waals surface area (Å²) < 4.78 is 35.9. The van der Waals surface area contributed by atoms with Crippen molar-refractivity contribution >= 4 is 46.5 Å². The number of rotatable bonds is 6. The fourth-order valence-corrected chi connectivity index (χ4v) is 4.76. The molecule has 0 aromatic heterocycles. The number of para-hydroxylation sites is 1. The second-order valence-corrected chi connectivity index (χ2v) is 8.75. The van der Waals surface area contributed by atoms with Crippen molar-refractivity contribution in [3.8, 4) is 5.75 Å². The van der Waals surface area contributed by atoms with Crippen LogP contribution in [0.4, 0.5) is 5.69 Å². The molecule has 1 N–H and O–H groups in total. The van der Waals surface area contributed by atoms with Crippen LogP contribution in [-0.2, 0) is 14.6 Å². The number of ether oxygens (including phenoxy) is 2. The number of hydrogen-bond donors (Lipinski definition) is 1. The Bertz CT molecular complexity index is 943. The fraction of sp³-hybridized carbons (Fsp3) is 0.316. The maximum Gasteiger partial charge on any atom is 0.259 e. The number of nitrogens with one attached hydrogen (secondary N) is 1. The molecular formula is C19H22ClNO5S2. The molecule has 1 aliphatic heterocycles. The Labute approximate surface area is 176 Å². The molecule has 1 heterocycles. The van der Waals surface area contributed by atoms with Crippen molar-refractivity contribution < 1.29 is 22.7 Å². The second kappa shape index (κ2) is 9.65. The number of anilines is 1. The van der Waals surface area contributed by atoms with Crippen LogP contribution in [0.15, 0.2) is 47.4 Å². The zero-order chi connectivity index (χ0) is 19.4. The summed E-state index contributed by atoms with van der Waals surface area (Å²) in [5.41, 5.74) is 0.559. The van der Waals surface area contributed by atoms with Crippen molar-refractivity contribution in [2.45, 2.75) is 11.3 Å². The summed E-state index contributed by atoms with van der Waals surface area (Å²) in [4.78, 5) is 12.8. The standard InChI is InChI=1S/C19H20ClNO5S.H2S/c1-25-18-7-6-14(27(23,24)12-13-8-9-26-11-13)10-15(18)19(22)21-17-5-3-2-4-16(17)20;/h2-7,10,13H,8-9,11-12H2,1H3,(H,21,22);1H2/t13-;/m0./s1. The van der Waals surface area contributed by atoms with Gasteiger partial charge in [-0.25, -0.2) is 8.42 Å². The normalized spacial score (nSPS) is 16.3. The van der Waals surface area contributed by atoms with Crippen LogP contribution < -0.4 is 10.1 Å². The molecule has 28 heavy (non-hydrogen) atoms. The topological polar surface area (TPSA) is 81.7 Å². The summed E-state index contributed by atoms with van der Waals surface area (Å²) >= 11 is 6.07. The second-order valence-electron chi connectivity index (χ2n) is 6.31. The number of amides is 1. The Hall–Kier alpha value is -1.74. The van der Waals surface area contributed by atoms with Crippen LogP contribution in [0, 0.1) is 5.92 Å². The quantitative estimate of drug-likeness (QED) is 0.738. The van der Waals surface area contributed by atoms with Gasteiger partial charge in [-0.1, -0.05) is 23.7 Å². The Morgan fingerprint density at radius 2 is 2.04 bits per heavy atom. The van der Waals surface area contributed by atoms with Crippen molar-refractivity contribution in [1.82, 2.24) is 0 Å². The van der Waals surface area contributed by atoms with Gasteiger partial charge in [0.25, 0.3) is 5.91 Å². The lowest BCUT2D eigenvalue weighted by Gasteiger charge is -2.13. The Morgan fingerprint density at radius 1 is 1.29 bits per heavy atom. The molecule has 0 radical (unpaired) electrons. The van der Waals surface area contributed by atoms with Gasteiger partial charge in [0.05, 0.1) is 40.6 Å². The van der Waals surface area contributed by atoms with E-state index < -0.39 is 15.7 Å². The zero-order valence-electron chi connectivity index (χ0n) is 15.3. The molecule has 6 nitrogen and oxygen atoms in total. The van der Waals surface area contributed by atoms with E-state index in [1.165, 1.54) is 25.3 Å². The lowest BCUT2D eigenvalue weighted by atomic mass is 10.1. The zero-order valence-corrected chi connectivity index (χ0v) is 17.8. The molecule has 2 aromatic rings. The van der Waals surface area contributed by atoms with Gasteiger partial charge in [-0.15, -0.1) is 0 Å². The van der Waals surface area contributed by atoms with E-state index >= 15 is 0 Å². The molecule has 1 fully saturated rings. The molecule has 1 amide bonds. The van der Waals surface area contributed by atoms with E-state index in [0.717, 1.165) is 6.42 Å². The lowest BCUT2D eigenvalue weighted by molar-refractivity contribution is 0.102. The van der Waals surface area contributed by atoms with E-state index in [-0.39, 0.29) is 41.4 Å². The van der Waals surface area contributed by atoms with Crippen molar-refractivity contribution in [1.29, 1.82) is 0 Å². The Kier molecular flexibility index (Phi) is 7.77. The molecule has 1 saturated heterocycles. The molecule has 3 rings (SSSR count). The molecule has 1 atom stereocenters. The third kappa shape index (κ3) is 5.20. The first-order valence-corrected chi connectivity index (χ1v) is 10.5. The molecule has 0 spiro atoms. The van der Waals surface area contributed by atoms with Gasteiger partial charge >= 0.3 is 0 Å². The van der Waals surface area contributed by atoms with Crippen LogP contribution in [0.3, 0.4) is 0 Å². The largest absolute Gasteiger partial charge is 0.496 e. The van der Waals surface area contributed by atoms with Gasteiger partial charge in [-0.3, -0.25) is 4.79 Å². The summed E-state index contributed by atoms with van der Waals surface area (Å²) in [6.45, 7) is 1.02. The first kappa shape index (κ1) is 22.5. The first-order chi connectivity index (χ1) is 12.9. The van der Waals surface area contributed by atoms with Gasteiger partial charge in [0.1, 0.15) is 5.75 Å². The summed E-state index contributed by atoms with van der Waals surface area (Å²) in [5, 5.41) is 3.07. The predicted molar refractivity (Wildman–Crippen MR) is 114 cm³/mol. The number of halogens is 1. The van der Waals surface area contributed by atoms with Gasteiger partial charge in [0.2, 0.25) is 0 Å². The molecule has 9 heteroatoms. The van der Waals surface area contributed by atoms with Crippen molar-refractivity contribution in [2.24, 2.45) is 5.92 Å². The predicted octanol–water partition coefficient (Wildman–Crippen LogP) is 3.52. The number of methoxy groups -OCH3 is 1. The molecule has 1 aliphatic rings. The minimum Gasteiger partial charge on any atom is -0.496 e. The van der Waals surface area contributed by atoms with Crippen molar-refractivity contribution in [3.63, 3.8) is 0 Å². The highest BCUT2D eigenvalue weighted by molar-refractivity contribution is 7.91. The van der Waals surface area contributed by atoms with Gasteiger partial charge < -0.3 is 14.8 Å². The number of hydrogen-bond acceptors (Lipinski definition) is 5. The molecule has 0 aliphatic carbocycles. The van der Waals surface area contributed by atoms with E-state index in [0.29, 0.717) is 23.9 Å². The number of carbonyl (C=O) groups excluding carboxylic acids is 1. The molecular weight excluding hydrogens is 422 g/mol. The Balaban J connectivity index is 0.00000280. The monoisotopic (exact) mass is 443 g/mol. The van der Waals surface area contributed by atoms with Gasteiger partial charge in [-0.05, 0) is 42.7 Å². The van der Waals surface area contributed by atoms with E-state index in [1.807, 2.05) is 0 Å². The fourth-order valence-electron chi connectivity index (χ4n) is 2.93. The number of sulfone groups is 1. The summed E-state index contributed by atoms with van der Waals surface area (Å²) in [6.07, 6.45) is 0.717. The van der Waals surface area contributed by atoms with Crippen LogP contribution in [0.2, 0.25) is 5.02 Å². The maximum atomic E-state index is 12.7. The third-order valence-corrected chi connectivity index (χ3v) is 6.59. The van der Waals surface area contributed by atoms with E-state index in [4.69, 9.17) is 21.1 Å². The van der Waals surface area contributed by atoms with Crippen LogP contribution in [0.1, 0.15) is 16.8 Å². The van der Waals surface area contributed by atoms with Gasteiger partial charge in [0.15, 0.2) is 9.84 Å². The average Bonchev–Trinajstić information content (AvgIpc) is 3.15. The molecule has 152 valence electrons. The summed E-state index contributed by atoms with van der Waals surface area (Å²) in [6, 6.07) is 11.1. The van der Waals surface area contributed by atoms with Gasteiger partial charge in [0, 0.05) is 6.61 Å². The van der Waals surface area contributed by atoms with Crippen LogP contribution in [0.25, 0.3) is 0 Å². The van der Waals surface area contributed by atoms with Crippen molar-refractivity contribution in [2.75, 3.05) is 31.4 Å². The SMILES string of the molecule is COc1ccc(S(=O)(=O)C[C@H]2CCOC2)cc1C(=O)Nc1ccccc1Cl.S. The van der Waals surface area contributed by atoms with Crippen molar-refractivity contribution in [3.05, 3.63) is 53.1 Å². The molecule has 2 aromatic carbocycles. The van der Waals surface area contributed by atoms with E-state index in [2.05, 4.69) is 5.32 Å². The van der Waals surface area contributed by atoms with Crippen LogP contribution in [0.5, 0.6) is 5.75 Å². The van der Waals surface area contributed by atoms with E-state index in [1.54, 1.807) is 24.3 Å². The minimum absolute atomic E-state index is 0. The van der Waals surface area contributed by atoms with Crippen LogP contribution in [-0.4, -0.2) is 40.4 Å². The Morgan fingerprint density at radius 3 is 2.68 bits per heavy atom. The molecule has 0 unspecified atom stereocenters. The minimum atomic E-state index is -3.55. The van der Waals surface area contributed by atoms with Crippen LogP contribution >= 0.6 is 25.1 Å². The average molecular weight is 444 g/mol. The highest BCUT2D eigenvalue weighted by atomic mass is 35.5. The number of carbonyl (C=O) groups is 1. The first-order valence-electron chi connectivity index (χ1n) is 8.45. The smallest absolute Gasteiger partial charge is 0.259 e. The molecule has 0 saturated carbocycles. The van der Waals surface area contributed by atoms with E-state index in [9.17, 15) is 13.2 Å². The highest BCUT2D eigenvalue weighted by Gasteiger charge is 2.26. The van der Waals surface area contributed by atoms with Gasteiger partial charge in [-0.2, -0.15) is 13.5 Å². The maximum absolute atomic E-state index is 12.7. The third-order valence-electron chi connectivity index (χ3n) is 4.38. The highest BCUT2D eigenvalue weighted by Crippen LogP contribution is 2.28. The summed E-state index contributed by atoms with van der Waals surface area (Å²) in [5.74, 6) is -0.258. The number of benzene rings is 2.